The first-order chi connectivity index (χ1) is 8.52. The van der Waals surface area contributed by atoms with Gasteiger partial charge in [-0.25, -0.2) is 9.59 Å². The molecule has 1 aromatic heterocycles. The highest BCUT2D eigenvalue weighted by molar-refractivity contribution is 5.74. The van der Waals surface area contributed by atoms with Crippen molar-refractivity contribution in [3.63, 3.8) is 0 Å². The van der Waals surface area contributed by atoms with Crippen molar-refractivity contribution in [3.05, 3.63) is 32.9 Å². The second kappa shape index (κ2) is 4.73. The lowest BCUT2D eigenvalue weighted by molar-refractivity contribution is -0.155. The van der Waals surface area contributed by atoms with Crippen LogP contribution in [0.25, 0.3) is 0 Å². The van der Waals surface area contributed by atoms with Crippen molar-refractivity contribution in [2.75, 3.05) is 7.11 Å². The number of rotatable bonds is 2. The molecule has 7 nitrogen and oxygen atoms in total. The fourth-order valence-corrected chi connectivity index (χ4v) is 1.80. The summed E-state index contributed by atoms with van der Waals surface area (Å²) in [6.07, 6.45) is -0.0731. The molecule has 0 aliphatic carbocycles. The molecule has 1 saturated heterocycles. The fraction of sp³-hybridized carbons (Fsp3) is 0.500. The van der Waals surface area contributed by atoms with E-state index in [4.69, 9.17) is 4.74 Å². The van der Waals surface area contributed by atoms with Crippen molar-refractivity contribution >= 4 is 5.97 Å². The Morgan fingerprint density at radius 2 is 2.28 bits per heavy atom. The van der Waals surface area contributed by atoms with E-state index in [1.807, 2.05) is 4.98 Å². The molecule has 2 rings (SSSR count). The maximum atomic E-state index is 13.1. The maximum absolute atomic E-state index is 13.1. The number of halogens is 1. The molecule has 98 valence electrons. The summed E-state index contributed by atoms with van der Waals surface area (Å²) in [5.41, 5.74) is -1.87. The first-order valence-corrected chi connectivity index (χ1v) is 5.27. The molecule has 2 heterocycles. The molecule has 1 aliphatic rings. The van der Waals surface area contributed by atoms with Gasteiger partial charge in [-0.3, -0.25) is 14.3 Å². The third-order valence-electron chi connectivity index (χ3n) is 2.70. The van der Waals surface area contributed by atoms with E-state index in [-0.39, 0.29) is 0 Å². The minimum atomic E-state index is -1.08. The minimum absolute atomic E-state index is 0.352. The van der Waals surface area contributed by atoms with Gasteiger partial charge in [0.05, 0.1) is 13.3 Å². The number of carbonyl (C=O) groups excluding carboxylic acids is 1. The van der Waals surface area contributed by atoms with E-state index < -0.39 is 35.4 Å². The monoisotopic (exact) mass is 258 g/mol. The molecule has 1 fully saturated rings. The SMILES string of the molecule is COC(=O)[C@@H]1CC[C@H](n2cc(F)c(=O)[nH]c2=O)O1. The Labute approximate surface area is 100 Å². The van der Waals surface area contributed by atoms with Crippen LogP contribution in [0.5, 0.6) is 0 Å². The molecule has 1 aromatic rings. The first kappa shape index (κ1) is 12.5. The Morgan fingerprint density at radius 3 is 2.94 bits per heavy atom. The zero-order valence-electron chi connectivity index (χ0n) is 9.51. The smallest absolute Gasteiger partial charge is 0.335 e. The number of methoxy groups -OCH3 is 1. The lowest BCUT2D eigenvalue weighted by atomic mass is 10.2. The van der Waals surface area contributed by atoms with Crippen molar-refractivity contribution in [2.45, 2.75) is 25.2 Å². The van der Waals surface area contributed by atoms with Crippen LogP contribution < -0.4 is 11.2 Å². The molecule has 0 radical (unpaired) electrons. The van der Waals surface area contributed by atoms with E-state index in [0.717, 1.165) is 10.8 Å². The highest BCUT2D eigenvalue weighted by atomic mass is 19.1. The van der Waals surface area contributed by atoms with Crippen molar-refractivity contribution < 1.29 is 18.7 Å². The zero-order chi connectivity index (χ0) is 13.3. The van der Waals surface area contributed by atoms with Crippen LogP contribution in [0.1, 0.15) is 19.1 Å². The van der Waals surface area contributed by atoms with Crippen LogP contribution >= 0.6 is 0 Å². The number of esters is 1. The summed E-state index contributed by atoms with van der Waals surface area (Å²) >= 11 is 0. The van der Waals surface area contributed by atoms with Gasteiger partial charge in [0.15, 0.2) is 6.10 Å². The number of carbonyl (C=O) groups is 1. The quantitative estimate of drug-likeness (QED) is 0.724. The van der Waals surface area contributed by atoms with Gasteiger partial charge in [0.2, 0.25) is 5.82 Å². The minimum Gasteiger partial charge on any atom is -0.467 e. The summed E-state index contributed by atoms with van der Waals surface area (Å²) in [4.78, 5) is 35.4. The predicted octanol–water partition coefficient (Wildman–Crippen LogP) is -0.474. The van der Waals surface area contributed by atoms with Crippen molar-refractivity contribution in [1.82, 2.24) is 9.55 Å². The van der Waals surface area contributed by atoms with Crippen molar-refractivity contribution in [2.24, 2.45) is 0 Å². The molecule has 0 bridgehead atoms. The molecule has 18 heavy (non-hydrogen) atoms. The number of aromatic amines is 1. The van der Waals surface area contributed by atoms with Gasteiger partial charge in [-0.05, 0) is 12.8 Å². The van der Waals surface area contributed by atoms with Crippen molar-refractivity contribution in [1.29, 1.82) is 0 Å². The lowest BCUT2D eigenvalue weighted by Gasteiger charge is -2.14. The molecule has 2 atom stereocenters. The van der Waals surface area contributed by atoms with E-state index in [0.29, 0.717) is 12.8 Å². The standard InChI is InChI=1S/C10H11FN2O5/c1-17-9(15)6-2-3-7(18-6)13-4-5(11)8(14)12-10(13)16/h4,6-7H,2-3H2,1H3,(H,12,14,16)/t6-,7+/m0/s1. The molecule has 0 unspecified atom stereocenters. The Morgan fingerprint density at radius 1 is 1.56 bits per heavy atom. The zero-order valence-corrected chi connectivity index (χ0v) is 9.51. The largest absolute Gasteiger partial charge is 0.467 e. The number of ether oxygens (including phenoxy) is 2. The lowest BCUT2D eigenvalue weighted by Crippen LogP contribution is -2.34. The van der Waals surface area contributed by atoms with Crippen LogP contribution in [0.3, 0.4) is 0 Å². The van der Waals surface area contributed by atoms with Crippen LogP contribution in [0.15, 0.2) is 15.8 Å². The normalized spacial score (nSPS) is 23.0. The Balaban J connectivity index is 2.25. The van der Waals surface area contributed by atoms with Gasteiger partial charge in [0.25, 0.3) is 5.56 Å². The maximum Gasteiger partial charge on any atom is 0.335 e. The Hall–Kier alpha value is -1.96. The summed E-state index contributed by atoms with van der Waals surface area (Å²) in [7, 11) is 1.23. The number of hydrogen-bond donors (Lipinski definition) is 1. The number of aromatic nitrogens is 2. The Bertz CT molecular complexity index is 578. The predicted molar refractivity (Wildman–Crippen MR) is 56.4 cm³/mol. The van der Waals surface area contributed by atoms with Crippen LogP contribution in [-0.4, -0.2) is 28.7 Å². The van der Waals surface area contributed by atoms with Crippen LogP contribution in [-0.2, 0) is 14.3 Å². The van der Waals surface area contributed by atoms with Gasteiger partial charge < -0.3 is 9.47 Å². The van der Waals surface area contributed by atoms with Gasteiger partial charge in [-0.1, -0.05) is 0 Å². The van der Waals surface area contributed by atoms with E-state index in [1.54, 1.807) is 0 Å². The van der Waals surface area contributed by atoms with E-state index in [1.165, 1.54) is 7.11 Å². The van der Waals surface area contributed by atoms with E-state index in [2.05, 4.69) is 4.74 Å². The highest BCUT2D eigenvalue weighted by Crippen LogP contribution is 2.27. The summed E-state index contributed by atoms with van der Waals surface area (Å²) < 4.78 is 23.8. The number of H-pyrrole nitrogens is 1. The van der Waals surface area contributed by atoms with E-state index >= 15 is 0 Å². The molecule has 0 amide bonds. The van der Waals surface area contributed by atoms with Gasteiger partial charge in [0, 0.05) is 0 Å². The number of nitrogens with zero attached hydrogens (tertiary/aromatic N) is 1. The molecule has 0 aromatic carbocycles. The number of nitrogens with one attached hydrogen (secondary N) is 1. The average molecular weight is 258 g/mol. The molecule has 0 spiro atoms. The molecule has 0 saturated carbocycles. The van der Waals surface area contributed by atoms with Gasteiger partial charge in [-0.15, -0.1) is 0 Å². The van der Waals surface area contributed by atoms with Crippen LogP contribution in [0, 0.1) is 5.82 Å². The van der Waals surface area contributed by atoms with Gasteiger partial charge in [-0.2, -0.15) is 4.39 Å². The van der Waals surface area contributed by atoms with Crippen molar-refractivity contribution in [3.8, 4) is 0 Å². The second-order valence-electron chi connectivity index (χ2n) is 3.82. The van der Waals surface area contributed by atoms with Crippen LogP contribution in [0.2, 0.25) is 0 Å². The average Bonchev–Trinajstić information content (AvgIpc) is 2.82. The fourth-order valence-electron chi connectivity index (χ4n) is 1.80. The van der Waals surface area contributed by atoms with Crippen LogP contribution in [0.4, 0.5) is 4.39 Å². The number of hydrogen-bond acceptors (Lipinski definition) is 5. The topological polar surface area (TPSA) is 90.4 Å². The third kappa shape index (κ3) is 2.19. The Kier molecular flexibility index (Phi) is 3.28. The second-order valence-corrected chi connectivity index (χ2v) is 3.82. The summed E-state index contributed by atoms with van der Waals surface area (Å²) in [5, 5.41) is 0. The molecular weight excluding hydrogens is 247 g/mol. The first-order valence-electron chi connectivity index (χ1n) is 5.27. The highest BCUT2D eigenvalue weighted by Gasteiger charge is 2.33. The molecule has 1 N–H and O–H groups in total. The van der Waals surface area contributed by atoms with E-state index in [9.17, 15) is 18.8 Å². The molecule has 8 heteroatoms. The summed E-state index contributed by atoms with van der Waals surface area (Å²) in [6, 6.07) is 0. The molecule has 1 aliphatic heterocycles. The van der Waals surface area contributed by atoms with Gasteiger partial charge in [0.1, 0.15) is 6.23 Å². The third-order valence-corrected chi connectivity index (χ3v) is 2.70. The summed E-state index contributed by atoms with van der Waals surface area (Å²) in [5.74, 6) is -1.63. The molecular formula is C10H11FN2O5. The van der Waals surface area contributed by atoms with Gasteiger partial charge >= 0.3 is 11.7 Å². The summed E-state index contributed by atoms with van der Waals surface area (Å²) in [6.45, 7) is 0.